The molecule has 0 amide bonds. The van der Waals surface area contributed by atoms with Crippen molar-refractivity contribution < 1.29 is 13.2 Å². The number of rotatable bonds is 4. The summed E-state index contributed by atoms with van der Waals surface area (Å²) in [6, 6.07) is 3.71. The molecule has 0 radical (unpaired) electrons. The standard InChI is InChI=1S/C20H18F3N7/c21-12-1-3-24-9-15(12)28-20-14(23)8-13(22)18(29-20)16-10-27-17-7-11(2-6-30(16)17)19-25-4-5-26-19/h2,4-8,10,12,15,24H,1,3,9H2,(H,25,26)(H,28,29)/t12-,15-/m1/s1. The summed E-state index contributed by atoms with van der Waals surface area (Å²) in [5.41, 5.74) is 1.66. The molecule has 0 aliphatic carbocycles. The smallest absolute Gasteiger partial charge is 0.168 e. The Morgan fingerprint density at radius 1 is 1.17 bits per heavy atom. The highest BCUT2D eigenvalue weighted by Gasteiger charge is 2.26. The van der Waals surface area contributed by atoms with Crippen LogP contribution in [-0.4, -0.2) is 49.6 Å². The van der Waals surface area contributed by atoms with Crippen LogP contribution in [0.4, 0.5) is 19.0 Å². The third kappa shape index (κ3) is 3.28. The molecule has 4 aromatic rings. The molecule has 2 atom stereocenters. The SMILES string of the molecule is Fc1cc(F)c(-c2cnc3cc(-c4ncc[nH]4)ccn23)nc1N[C@@H]1CNCC[C@H]1F. The molecular weight excluding hydrogens is 395 g/mol. The monoisotopic (exact) mass is 413 g/mol. The van der Waals surface area contributed by atoms with E-state index in [-0.39, 0.29) is 11.5 Å². The van der Waals surface area contributed by atoms with E-state index in [1.165, 1.54) is 6.20 Å². The van der Waals surface area contributed by atoms with E-state index in [2.05, 4.69) is 30.6 Å². The van der Waals surface area contributed by atoms with Crippen molar-refractivity contribution in [2.75, 3.05) is 18.4 Å². The normalized spacial score (nSPS) is 19.3. The van der Waals surface area contributed by atoms with Crippen molar-refractivity contribution in [3.8, 4) is 22.8 Å². The summed E-state index contributed by atoms with van der Waals surface area (Å²) in [6.45, 7) is 0.895. The van der Waals surface area contributed by atoms with Gasteiger partial charge in [-0.05, 0) is 25.1 Å². The fourth-order valence-corrected chi connectivity index (χ4v) is 3.62. The van der Waals surface area contributed by atoms with Crippen LogP contribution in [0.5, 0.6) is 0 Å². The Balaban J connectivity index is 1.52. The van der Waals surface area contributed by atoms with Crippen LogP contribution in [0.3, 0.4) is 0 Å². The zero-order valence-electron chi connectivity index (χ0n) is 15.7. The van der Waals surface area contributed by atoms with Crippen LogP contribution in [0.2, 0.25) is 0 Å². The fraction of sp³-hybridized carbons (Fsp3) is 0.250. The number of nitrogens with one attached hydrogen (secondary N) is 3. The number of fused-ring (bicyclic) bond motifs is 1. The molecule has 1 saturated heterocycles. The number of pyridine rings is 2. The summed E-state index contributed by atoms with van der Waals surface area (Å²) in [5, 5.41) is 5.82. The molecule has 10 heteroatoms. The molecule has 3 N–H and O–H groups in total. The number of alkyl halides is 1. The highest BCUT2D eigenvalue weighted by molar-refractivity contribution is 5.67. The van der Waals surface area contributed by atoms with Crippen LogP contribution >= 0.6 is 0 Å². The van der Waals surface area contributed by atoms with Crippen LogP contribution in [0.1, 0.15) is 6.42 Å². The topological polar surface area (TPSA) is 82.9 Å². The third-order valence-corrected chi connectivity index (χ3v) is 5.18. The molecule has 1 fully saturated rings. The van der Waals surface area contributed by atoms with Gasteiger partial charge >= 0.3 is 0 Å². The van der Waals surface area contributed by atoms with E-state index in [1.807, 2.05) is 0 Å². The number of aromatic amines is 1. The van der Waals surface area contributed by atoms with E-state index in [0.29, 0.717) is 36.7 Å². The Morgan fingerprint density at radius 2 is 2.07 bits per heavy atom. The Morgan fingerprint density at radius 3 is 2.87 bits per heavy atom. The van der Waals surface area contributed by atoms with Gasteiger partial charge in [0.25, 0.3) is 0 Å². The summed E-state index contributed by atoms with van der Waals surface area (Å²) in [4.78, 5) is 15.7. The van der Waals surface area contributed by atoms with E-state index in [9.17, 15) is 13.2 Å². The first kappa shape index (κ1) is 18.6. The molecule has 0 bridgehead atoms. The van der Waals surface area contributed by atoms with Crippen LogP contribution in [0.25, 0.3) is 28.4 Å². The van der Waals surface area contributed by atoms with Crippen LogP contribution < -0.4 is 10.6 Å². The average molecular weight is 413 g/mol. The number of hydrogen-bond donors (Lipinski definition) is 3. The Hall–Kier alpha value is -3.40. The predicted octanol–water partition coefficient (Wildman–Crippen LogP) is 3.18. The highest BCUT2D eigenvalue weighted by atomic mass is 19.1. The second-order valence-electron chi connectivity index (χ2n) is 7.13. The van der Waals surface area contributed by atoms with E-state index in [1.54, 1.807) is 35.1 Å². The molecule has 0 saturated carbocycles. The quantitative estimate of drug-likeness (QED) is 0.479. The summed E-state index contributed by atoms with van der Waals surface area (Å²) < 4.78 is 44.7. The Kier molecular flexibility index (Phi) is 4.62. The van der Waals surface area contributed by atoms with Crippen molar-refractivity contribution in [1.82, 2.24) is 29.7 Å². The fourth-order valence-electron chi connectivity index (χ4n) is 3.62. The molecule has 7 nitrogen and oxygen atoms in total. The molecule has 1 aliphatic rings. The van der Waals surface area contributed by atoms with Crippen molar-refractivity contribution >= 4 is 11.5 Å². The lowest BCUT2D eigenvalue weighted by atomic mass is 10.1. The van der Waals surface area contributed by atoms with Crippen molar-refractivity contribution in [2.24, 2.45) is 0 Å². The van der Waals surface area contributed by atoms with E-state index >= 15 is 0 Å². The van der Waals surface area contributed by atoms with Crippen molar-refractivity contribution in [3.05, 3.63) is 54.6 Å². The largest absolute Gasteiger partial charge is 0.361 e. The van der Waals surface area contributed by atoms with Crippen molar-refractivity contribution in [1.29, 1.82) is 0 Å². The minimum atomic E-state index is -1.14. The van der Waals surface area contributed by atoms with E-state index < -0.39 is 23.8 Å². The lowest BCUT2D eigenvalue weighted by Gasteiger charge is -2.28. The number of piperidine rings is 1. The molecule has 4 aromatic heterocycles. The van der Waals surface area contributed by atoms with Crippen LogP contribution in [0.15, 0.2) is 43.0 Å². The minimum Gasteiger partial charge on any atom is -0.361 e. The first-order valence-corrected chi connectivity index (χ1v) is 9.55. The number of H-pyrrole nitrogens is 1. The zero-order chi connectivity index (χ0) is 20.7. The van der Waals surface area contributed by atoms with Gasteiger partial charge in [0.05, 0.1) is 17.9 Å². The van der Waals surface area contributed by atoms with Gasteiger partial charge in [-0.3, -0.25) is 4.40 Å². The maximum Gasteiger partial charge on any atom is 0.168 e. The number of nitrogens with zero attached hydrogens (tertiary/aromatic N) is 4. The molecule has 0 spiro atoms. The Labute approximate surface area is 169 Å². The molecule has 5 heterocycles. The van der Waals surface area contributed by atoms with E-state index in [0.717, 1.165) is 11.6 Å². The second-order valence-corrected chi connectivity index (χ2v) is 7.13. The Bertz CT molecular complexity index is 1190. The number of imidazole rings is 2. The maximum absolute atomic E-state index is 14.6. The molecule has 30 heavy (non-hydrogen) atoms. The zero-order valence-corrected chi connectivity index (χ0v) is 15.7. The highest BCUT2D eigenvalue weighted by Crippen LogP contribution is 2.28. The van der Waals surface area contributed by atoms with Crippen molar-refractivity contribution in [2.45, 2.75) is 18.6 Å². The molecule has 0 unspecified atom stereocenters. The van der Waals surface area contributed by atoms with Gasteiger partial charge in [-0.25, -0.2) is 28.1 Å². The van der Waals surface area contributed by atoms with Gasteiger partial charge in [0, 0.05) is 36.8 Å². The summed E-state index contributed by atoms with van der Waals surface area (Å²) in [5.74, 6) is -1.21. The number of halogens is 3. The predicted molar refractivity (Wildman–Crippen MR) is 106 cm³/mol. The van der Waals surface area contributed by atoms with Gasteiger partial charge in [-0.2, -0.15) is 0 Å². The number of hydrogen-bond acceptors (Lipinski definition) is 5. The molecule has 0 aromatic carbocycles. The molecule has 5 rings (SSSR count). The van der Waals surface area contributed by atoms with Crippen LogP contribution in [-0.2, 0) is 0 Å². The van der Waals surface area contributed by atoms with E-state index in [4.69, 9.17) is 0 Å². The lowest BCUT2D eigenvalue weighted by molar-refractivity contribution is 0.240. The summed E-state index contributed by atoms with van der Waals surface area (Å²) in [6.07, 6.45) is 5.72. The maximum atomic E-state index is 14.6. The van der Waals surface area contributed by atoms with Gasteiger partial charge < -0.3 is 15.6 Å². The summed E-state index contributed by atoms with van der Waals surface area (Å²) in [7, 11) is 0. The second kappa shape index (κ2) is 7.45. The average Bonchev–Trinajstić information content (AvgIpc) is 3.41. The van der Waals surface area contributed by atoms with Gasteiger partial charge in [-0.15, -0.1) is 0 Å². The summed E-state index contributed by atoms with van der Waals surface area (Å²) >= 11 is 0. The van der Waals surface area contributed by atoms with Crippen LogP contribution in [0, 0.1) is 11.6 Å². The van der Waals surface area contributed by atoms with Gasteiger partial charge in [0.2, 0.25) is 0 Å². The molecule has 1 aliphatic heterocycles. The first-order chi connectivity index (χ1) is 14.6. The molecule has 154 valence electrons. The third-order valence-electron chi connectivity index (χ3n) is 5.18. The first-order valence-electron chi connectivity index (χ1n) is 9.55. The van der Waals surface area contributed by atoms with Gasteiger partial charge in [0.15, 0.2) is 17.5 Å². The lowest BCUT2D eigenvalue weighted by Crippen LogP contribution is -2.46. The number of anilines is 1. The van der Waals surface area contributed by atoms with Crippen molar-refractivity contribution in [3.63, 3.8) is 0 Å². The molecular formula is C20H18F3N7. The minimum absolute atomic E-state index is 0.0728. The number of aromatic nitrogens is 5. The van der Waals surface area contributed by atoms with Gasteiger partial charge in [0.1, 0.15) is 23.3 Å². The van der Waals surface area contributed by atoms with Gasteiger partial charge in [-0.1, -0.05) is 0 Å².